The minimum Gasteiger partial charge on any atom is -0.383 e. The van der Waals surface area contributed by atoms with Crippen LogP contribution in [0.1, 0.15) is 18.4 Å². The molecule has 0 amide bonds. The molecule has 3 heteroatoms. The van der Waals surface area contributed by atoms with Crippen LogP contribution in [0, 0.1) is 5.92 Å². The van der Waals surface area contributed by atoms with Gasteiger partial charge in [-0.15, -0.1) is 0 Å². The quantitative estimate of drug-likeness (QED) is 0.787. The second-order valence-corrected chi connectivity index (χ2v) is 4.31. The Morgan fingerprint density at radius 3 is 3.14 bits per heavy atom. The molecule has 76 valence electrons. The Balaban J connectivity index is 2.35. The Kier molecular flexibility index (Phi) is 2.66. The van der Waals surface area contributed by atoms with Gasteiger partial charge in [-0.1, -0.05) is 30.7 Å². The SMILES string of the molecule is CC(CN)C1CNc2c(Cl)cccc21. The van der Waals surface area contributed by atoms with E-state index in [4.69, 9.17) is 17.3 Å². The highest BCUT2D eigenvalue weighted by Crippen LogP contribution is 2.39. The van der Waals surface area contributed by atoms with E-state index in [2.05, 4.69) is 18.3 Å². The first-order chi connectivity index (χ1) is 6.74. The van der Waals surface area contributed by atoms with E-state index in [0.29, 0.717) is 11.8 Å². The highest BCUT2D eigenvalue weighted by atomic mass is 35.5. The lowest BCUT2D eigenvalue weighted by molar-refractivity contribution is 0.498. The lowest BCUT2D eigenvalue weighted by atomic mass is 9.89. The minimum atomic E-state index is 0.502. The fourth-order valence-corrected chi connectivity index (χ4v) is 2.28. The summed E-state index contributed by atoms with van der Waals surface area (Å²) in [6.07, 6.45) is 0. The standard InChI is InChI=1S/C11H15ClN2/c1-7(5-13)9-6-14-11-8(9)3-2-4-10(11)12/h2-4,7,9,14H,5-6,13H2,1H3. The zero-order valence-corrected chi connectivity index (χ0v) is 9.01. The molecule has 2 unspecified atom stereocenters. The monoisotopic (exact) mass is 210 g/mol. The molecule has 0 fully saturated rings. The fraction of sp³-hybridized carbons (Fsp3) is 0.455. The van der Waals surface area contributed by atoms with Crippen molar-refractivity contribution in [2.45, 2.75) is 12.8 Å². The maximum absolute atomic E-state index is 6.09. The van der Waals surface area contributed by atoms with Gasteiger partial charge in [0.2, 0.25) is 0 Å². The molecule has 1 heterocycles. The molecular weight excluding hydrogens is 196 g/mol. The van der Waals surface area contributed by atoms with E-state index >= 15 is 0 Å². The Bertz CT molecular complexity index is 338. The highest BCUT2D eigenvalue weighted by molar-refractivity contribution is 6.33. The molecule has 2 rings (SSSR count). The van der Waals surface area contributed by atoms with Crippen LogP contribution in [0.5, 0.6) is 0 Å². The lowest BCUT2D eigenvalue weighted by Gasteiger charge is -2.16. The van der Waals surface area contributed by atoms with Crippen molar-refractivity contribution in [3.05, 3.63) is 28.8 Å². The van der Waals surface area contributed by atoms with Gasteiger partial charge in [0.25, 0.3) is 0 Å². The predicted octanol–water partition coefficient (Wildman–Crippen LogP) is 2.44. The Morgan fingerprint density at radius 1 is 1.64 bits per heavy atom. The zero-order chi connectivity index (χ0) is 10.1. The number of anilines is 1. The molecule has 1 aromatic rings. The van der Waals surface area contributed by atoms with E-state index in [1.165, 1.54) is 5.56 Å². The van der Waals surface area contributed by atoms with Gasteiger partial charge in [0.15, 0.2) is 0 Å². The van der Waals surface area contributed by atoms with Crippen LogP contribution >= 0.6 is 11.6 Å². The maximum atomic E-state index is 6.09. The molecular formula is C11H15ClN2. The molecule has 0 spiro atoms. The van der Waals surface area contributed by atoms with Gasteiger partial charge in [-0.2, -0.15) is 0 Å². The first-order valence-electron chi connectivity index (χ1n) is 4.96. The van der Waals surface area contributed by atoms with Gasteiger partial charge < -0.3 is 11.1 Å². The average Bonchev–Trinajstić information content (AvgIpc) is 2.62. The van der Waals surface area contributed by atoms with E-state index < -0.39 is 0 Å². The number of nitrogens with one attached hydrogen (secondary N) is 1. The van der Waals surface area contributed by atoms with E-state index in [1.54, 1.807) is 0 Å². The Labute approximate surface area is 89.4 Å². The molecule has 1 aromatic carbocycles. The summed E-state index contributed by atoms with van der Waals surface area (Å²) in [6, 6.07) is 6.06. The summed E-state index contributed by atoms with van der Waals surface area (Å²) >= 11 is 6.09. The molecule has 1 aliphatic heterocycles. The third-order valence-electron chi connectivity index (χ3n) is 3.00. The summed E-state index contributed by atoms with van der Waals surface area (Å²) in [6.45, 7) is 3.86. The number of hydrogen-bond acceptors (Lipinski definition) is 2. The molecule has 0 bridgehead atoms. The molecule has 0 aromatic heterocycles. The molecule has 1 aliphatic rings. The number of rotatable bonds is 2. The van der Waals surface area contributed by atoms with E-state index in [-0.39, 0.29) is 0 Å². The molecule has 0 saturated heterocycles. The molecule has 0 saturated carbocycles. The van der Waals surface area contributed by atoms with Crippen molar-refractivity contribution in [1.29, 1.82) is 0 Å². The van der Waals surface area contributed by atoms with Crippen molar-refractivity contribution in [1.82, 2.24) is 0 Å². The first-order valence-corrected chi connectivity index (χ1v) is 5.34. The molecule has 2 atom stereocenters. The first kappa shape index (κ1) is 9.81. The average molecular weight is 211 g/mol. The largest absolute Gasteiger partial charge is 0.383 e. The predicted molar refractivity (Wildman–Crippen MR) is 60.9 cm³/mol. The van der Waals surface area contributed by atoms with Crippen molar-refractivity contribution >= 4 is 17.3 Å². The molecule has 0 radical (unpaired) electrons. The van der Waals surface area contributed by atoms with E-state index in [9.17, 15) is 0 Å². The summed E-state index contributed by atoms with van der Waals surface area (Å²) in [5.74, 6) is 1.01. The number of halogens is 1. The van der Waals surface area contributed by atoms with Gasteiger partial charge in [-0.05, 0) is 24.1 Å². The van der Waals surface area contributed by atoms with Crippen LogP contribution in [-0.2, 0) is 0 Å². The van der Waals surface area contributed by atoms with Gasteiger partial charge in [0, 0.05) is 12.5 Å². The van der Waals surface area contributed by atoms with Crippen LogP contribution in [0.15, 0.2) is 18.2 Å². The van der Waals surface area contributed by atoms with Crippen LogP contribution in [0.3, 0.4) is 0 Å². The van der Waals surface area contributed by atoms with Gasteiger partial charge >= 0.3 is 0 Å². The van der Waals surface area contributed by atoms with Crippen LogP contribution in [0.4, 0.5) is 5.69 Å². The summed E-state index contributed by atoms with van der Waals surface area (Å²) in [5, 5.41) is 4.16. The van der Waals surface area contributed by atoms with E-state index in [0.717, 1.165) is 23.8 Å². The number of benzene rings is 1. The second-order valence-electron chi connectivity index (χ2n) is 3.90. The summed E-state index contributed by atoms with van der Waals surface area (Å²) < 4.78 is 0. The third-order valence-corrected chi connectivity index (χ3v) is 3.32. The lowest BCUT2D eigenvalue weighted by Crippen LogP contribution is -2.20. The van der Waals surface area contributed by atoms with Crippen molar-refractivity contribution in [2.24, 2.45) is 11.7 Å². The normalized spacial score (nSPS) is 21.5. The third kappa shape index (κ3) is 1.49. The minimum absolute atomic E-state index is 0.502. The second kappa shape index (κ2) is 3.79. The van der Waals surface area contributed by atoms with E-state index in [1.807, 2.05) is 12.1 Å². The molecule has 2 nitrogen and oxygen atoms in total. The summed E-state index contributed by atoms with van der Waals surface area (Å²) in [4.78, 5) is 0. The van der Waals surface area contributed by atoms with Crippen LogP contribution in [0.25, 0.3) is 0 Å². The molecule has 0 aliphatic carbocycles. The summed E-state index contributed by atoms with van der Waals surface area (Å²) in [7, 11) is 0. The highest BCUT2D eigenvalue weighted by Gasteiger charge is 2.27. The molecule has 3 N–H and O–H groups in total. The summed E-state index contributed by atoms with van der Waals surface area (Å²) in [5.41, 5.74) is 8.10. The molecule has 14 heavy (non-hydrogen) atoms. The van der Waals surface area contributed by atoms with Gasteiger partial charge in [0.05, 0.1) is 10.7 Å². The number of nitrogens with two attached hydrogens (primary N) is 1. The number of fused-ring (bicyclic) bond motifs is 1. The Hall–Kier alpha value is -0.730. The van der Waals surface area contributed by atoms with Gasteiger partial charge in [-0.3, -0.25) is 0 Å². The van der Waals surface area contributed by atoms with Crippen molar-refractivity contribution in [2.75, 3.05) is 18.4 Å². The smallest absolute Gasteiger partial charge is 0.0640 e. The van der Waals surface area contributed by atoms with Crippen LogP contribution in [0.2, 0.25) is 5.02 Å². The number of hydrogen-bond donors (Lipinski definition) is 2. The zero-order valence-electron chi connectivity index (χ0n) is 8.26. The topological polar surface area (TPSA) is 38.0 Å². The number of para-hydroxylation sites is 1. The van der Waals surface area contributed by atoms with Gasteiger partial charge in [0.1, 0.15) is 0 Å². The van der Waals surface area contributed by atoms with Gasteiger partial charge in [-0.25, -0.2) is 0 Å². The fourth-order valence-electron chi connectivity index (χ4n) is 2.03. The maximum Gasteiger partial charge on any atom is 0.0640 e. The van der Waals surface area contributed by atoms with Crippen LogP contribution in [-0.4, -0.2) is 13.1 Å². The van der Waals surface area contributed by atoms with Crippen LogP contribution < -0.4 is 11.1 Å². The van der Waals surface area contributed by atoms with Crippen molar-refractivity contribution < 1.29 is 0 Å². The van der Waals surface area contributed by atoms with Crippen molar-refractivity contribution in [3.8, 4) is 0 Å². The van der Waals surface area contributed by atoms with Crippen molar-refractivity contribution in [3.63, 3.8) is 0 Å². The Morgan fingerprint density at radius 2 is 2.43 bits per heavy atom.